The molecular formula is C27H23Br2NO4S. The summed E-state index contributed by atoms with van der Waals surface area (Å²) in [5.41, 5.74) is 3.84. The summed E-state index contributed by atoms with van der Waals surface area (Å²) in [6, 6.07) is 19.4. The molecule has 1 aliphatic rings. The first-order chi connectivity index (χ1) is 16.8. The normalized spacial score (nSPS) is 14.6. The smallest absolute Gasteiger partial charge is 0.293 e. The standard InChI is InChI=1S/C27H23Br2NO4S/c1-3-33-23-13-20(12-22(29)25(23)34-16-19-6-4-5-17(2)11-19)14-24-26(31)30(27(32)35-24)15-18-7-9-21(28)10-8-18/h4-14H,3,15-16H2,1-2H3/b24-14-. The third-order valence-corrected chi connectivity index (χ3v) is 7.25. The number of ether oxygens (including phenoxy) is 2. The molecule has 1 saturated heterocycles. The van der Waals surface area contributed by atoms with E-state index in [0.717, 1.165) is 32.9 Å². The largest absolute Gasteiger partial charge is 0.490 e. The van der Waals surface area contributed by atoms with Crippen LogP contribution < -0.4 is 9.47 Å². The third-order valence-electron chi connectivity index (χ3n) is 5.22. The van der Waals surface area contributed by atoms with E-state index in [1.807, 2.05) is 68.4 Å². The zero-order chi connectivity index (χ0) is 24.9. The topological polar surface area (TPSA) is 55.8 Å². The lowest BCUT2D eigenvalue weighted by atomic mass is 10.1. The molecule has 3 aromatic carbocycles. The number of halogens is 2. The molecule has 4 rings (SSSR count). The maximum absolute atomic E-state index is 13.0. The average molecular weight is 617 g/mol. The molecule has 0 atom stereocenters. The predicted octanol–water partition coefficient (Wildman–Crippen LogP) is 7.73. The van der Waals surface area contributed by atoms with Gasteiger partial charge in [0.05, 0.1) is 22.5 Å². The zero-order valence-electron chi connectivity index (χ0n) is 19.2. The van der Waals surface area contributed by atoms with E-state index in [2.05, 4.69) is 37.9 Å². The highest BCUT2D eigenvalue weighted by atomic mass is 79.9. The number of aryl methyl sites for hydroxylation is 1. The van der Waals surface area contributed by atoms with E-state index < -0.39 is 0 Å². The molecule has 0 spiro atoms. The summed E-state index contributed by atoms with van der Waals surface area (Å²) < 4.78 is 13.6. The van der Waals surface area contributed by atoms with E-state index in [1.54, 1.807) is 6.08 Å². The van der Waals surface area contributed by atoms with E-state index in [0.29, 0.717) is 34.1 Å². The number of rotatable bonds is 8. The van der Waals surface area contributed by atoms with Crippen LogP contribution in [0.5, 0.6) is 11.5 Å². The third kappa shape index (κ3) is 6.37. The predicted molar refractivity (Wildman–Crippen MR) is 146 cm³/mol. The molecule has 0 N–H and O–H groups in total. The number of nitrogens with zero attached hydrogens (tertiary/aromatic N) is 1. The van der Waals surface area contributed by atoms with Gasteiger partial charge in [0.15, 0.2) is 11.5 Å². The molecule has 180 valence electrons. The molecule has 3 aromatic rings. The van der Waals surface area contributed by atoms with Gasteiger partial charge < -0.3 is 9.47 Å². The highest BCUT2D eigenvalue weighted by molar-refractivity contribution is 9.10. The van der Waals surface area contributed by atoms with Gasteiger partial charge in [0.1, 0.15) is 6.61 Å². The van der Waals surface area contributed by atoms with Gasteiger partial charge in [-0.15, -0.1) is 0 Å². The number of hydrogen-bond acceptors (Lipinski definition) is 5. The van der Waals surface area contributed by atoms with Crippen LogP contribution in [-0.2, 0) is 17.9 Å². The summed E-state index contributed by atoms with van der Waals surface area (Å²) >= 11 is 7.92. The van der Waals surface area contributed by atoms with E-state index in [-0.39, 0.29) is 17.7 Å². The van der Waals surface area contributed by atoms with Gasteiger partial charge in [-0.2, -0.15) is 0 Å². The van der Waals surface area contributed by atoms with E-state index in [1.165, 1.54) is 10.5 Å². The number of carbonyl (C=O) groups excluding carboxylic acids is 2. The number of carbonyl (C=O) groups is 2. The summed E-state index contributed by atoms with van der Waals surface area (Å²) in [5.74, 6) is 0.848. The number of amides is 2. The van der Waals surface area contributed by atoms with Gasteiger partial charge in [-0.1, -0.05) is 57.9 Å². The van der Waals surface area contributed by atoms with Gasteiger partial charge in [0.2, 0.25) is 0 Å². The van der Waals surface area contributed by atoms with Crippen LogP contribution in [0.1, 0.15) is 29.2 Å². The second kappa shape index (κ2) is 11.5. The molecular weight excluding hydrogens is 594 g/mol. The number of thioether (sulfide) groups is 1. The van der Waals surface area contributed by atoms with Crippen molar-refractivity contribution in [2.24, 2.45) is 0 Å². The molecule has 35 heavy (non-hydrogen) atoms. The number of benzene rings is 3. The average Bonchev–Trinajstić information content (AvgIpc) is 3.07. The lowest BCUT2D eigenvalue weighted by Crippen LogP contribution is -2.27. The first-order valence-electron chi connectivity index (χ1n) is 11.0. The molecule has 1 fully saturated rings. The SMILES string of the molecule is CCOc1cc(/C=C2\SC(=O)N(Cc3ccc(Br)cc3)C2=O)cc(Br)c1OCc1cccc(C)c1. The molecule has 8 heteroatoms. The number of imide groups is 1. The summed E-state index contributed by atoms with van der Waals surface area (Å²) in [7, 11) is 0. The monoisotopic (exact) mass is 615 g/mol. The Labute approximate surface area is 225 Å². The Kier molecular flexibility index (Phi) is 8.36. The van der Waals surface area contributed by atoms with Crippen molar-refractivity contribution in [3.05, 3.63) is 96.8 Å². The summed E-state index contributed by atoms with van der Waals surface area (Å²) in [6.45, 7) is 5.03. The fourth-order valence-corrected chi connectivity index (χ4v) is 5.27. The molecule has 2 amide bonds. The zero-order valence-corrected chi connectivity index (χ0v) is 23.2. The fourth-order valence-electron chi connectivity index (χ4n) is 3.59. The molecule has 1 heterocycles. The van der Waals surface area contributed by atoms with E-state index in [9.17, 15) is 9.59 Å². The van der Waals surface area contributed by atoms with Gasteiger partial charge >= 0.3 is 0 Å². The van der Waals surface area contributed by atoms with Crippen LogP contribution in [-0.4, -0.2) is 22.7 Å². The Bertz CT molecular complexity index is 1290. The van der Waals surface area contributed by atoms with Crippen LogP contribution in [0.4, 0.5) is 4.79 Å². The second-order valence-electron chi connectivity index (χ2n) is 7.94. The van der Waals surface area contributed by atoms with E-state index in [4.69, 9.17) is 9.47 Å². The van der Waals surface area contributed by atoms with Crippen molar-refractivity contribution in [3.8, 4) is 11.5 Å². The lowest BCUT2D eigenvalue weighted by Gasteiger charge is -2.15. The quantitative estimate of drug-likeness (QED) is 0.242. The van der Waals surface area contributed by atoms with Crippen LogP contribution in [0, 0.1) is 6.92 Å². The molecule has 0 saturated carbocycles. The molecule has 0 radical (unpaired) electrons. The first kappa shape index (κ1) is 25.5. The molecule has 1 aliphatic heterocycles. The minimum absolute atomic E-state index is 0.231. The second-order valence-corrected chi connectivity index (χ2v) is 10.7. The highest BCUT2D eigenvalue weighted by Gasteiger charge is 2.35. The van der Waals surface area contributed by atoms with Crippen LogP contribution in [0.3, 0.4) is 0 Å². The Balaban J connectivity index is 1.55. The fraction of sp³-hybridized carbons (Fsp3) is 0.185. The van der Waals surface area contributed by atoms with Crippen LogP contribution in [0.25, 0.3) is 6.08 Å². The Morgan fingerprint density at radius 3 is 2.46 bits per heavy atom. The minimum atomic E-state index is -0.309. The minimum Gasteiger partial charge on any atom is -0.490 e. The molecule has 0 aromatic heterocycles. The maximum Gasteiger partial charge on any atom is 0.293 e. The molecule has 0 bridgehead atoms. The van der Waals surface area contributed by atoms with Crippen molar-refractivity contribution in [1.82, 2.24) is 4.90 Å². The number of hydrogen-bond donors (Lipinski definition) is 0. The van der Waals surface area contributed by atoms with Gasteiger partial charge in [-0.25, -0.2) is 0 Å². The van der Waals surface area contributed by atoms with Crippen molar-refractivity contribution in [2.75, 3.05) is 6.61 Å². The Morgan fingerprint density at radius 2 is 1.74 bits per heavy atom. The molecule has 5 nitrogen and oxygen atoms in total. The lowest BCUT2D eigenvalue weighted by molar-refractivity contribution is -0.123. The van der Waals surface area contributed by atoms with Gasteiger partial charge in [0, 0.05) is 4.47 Å². The van der Waals surface area contributed by atoms with Crippen LogP contribution in [0.15, 0.2) is 74.5 Å². The van der Waals surface area contributed by atoms with Gasteiger partial charge in [0.25, 0.3) is 11.1 Å². The first-order valence-corrected chi connectivity index (χ1v) is 13.4. The highest BCUT2D eigenvalue weighted by Crippen LogP contribution is 2.40. The summed E-state index contributed by atoms with van der Waals surface area (Å²) in [4.78, 5) is 27.2. The van der Waals surface area contributed by atoms with Crippen LogP contribution >= 0.6 is 43.6 Å². The van der Waals surface area contributed by atoms with Crippen molar-refractivity contribution in [3.63, 3.8) is 0 Å². The molecule has 0 unspecified atom stereocenters. The van der Waals surface area contributed by atoms with E-state index >= 15 is 0 Å². The van der Waals surface area contributed by atoms with Crippen molar-refractivity contribution >= 4 is 60.8 Å². The summed E-state index contributed by atoms with van der Waals surface area (Å²) in [6.07, 6.45) is 1.71. The maximum atomic E-state index is 13.0. The molecule has 0 aliphatic carbocycles. The van der Waals surface area contributed by atoms with Gasteiger partial charge in [-0.05, 0) is 88.6 Å². The Hall–Kier alpha value is -2.55. The van der Waals surface area contributed by atoms with Gasteiger partial charge in [-0.3, -0.25) is 14.5 Å². The van der Waals surface area contributed by atoms with Crippen molar-refractivity contribution < 1.29 is 19.1 Å². The summed E-state index contributed by atoms with van der Waals surface area (Å²) in [5, 5.41) is -0.286. The van der Waals surface area contributed by atoms with Crippen LogP contribution in [0.2, 0.25) is 0 Å². The van der Waals surface area contributed by atoms with Crippen molar-refractivity contribution in [1.29, 1.82) is 0 Å². The Morgan fingerprint density at radius 1 is 0.971 bits per heavy atom. The van der Waals surface area contributed by atoms with Crippen molar-refractivity contribution in [2.45, 2.75) is 27.0 Å².